The Labute approximate surface area is 176 Å². The van der Waals surface area contributed by atoms with Gasteiger partial charge >= 0.3 is 5.97 Å². The van der Waals surface area contributed by atoms with Crippen molar-refractivity contribution in [3.63, 3.8) is 0 Å². The molecule has 0 aliphatic carbocycles. The minimum absolute atomic E-state index is 0.0424. The molecule has 6 heteroatoms. The van der Waals surface area contributed by atoms with Crippen LogP contribution in [0, 0.1) is 6.92 Å². The predicted molar refractivity (Wildman–Crippen MR) is 115 cm³/mol. The summed E-state index contributed by atoms with van der Waals surface area (Å²) in [5, 5.41) is 3.67. The molecule has 0 aliphatic heterocycles. The van der Waals surface area contributed by atoms with Gasteiger partial charge in [0.15, 0.2) is 6.10 Å². The van der Waals surface area contributed by atoms with Gasteiger partial charge in [-0.15, -0.1) is 0 Å². The fourth-order valence-corrected chi connectivity index (χ4v) is 3.25. The van der Waals surface area contributed by atoms with E-state index >= 15 is 0 Å². The molecular weight excluding hydrogens is 382 g/mol. The third-order valence-corrected chi connectivity index (χ3v) is 5.08. The number of hydrogen-bond acceptors (Lipinski definition) is 5. The van der Waals surface area contributed by atoms with Crippen molar-refractivity contribution in [3.05, 3.63) is 65.4 Å². The van der Waals surface area contributed by atoms with E-state index in [-0.39, 0.29) is 17.7 Å². The summed E-state index contributed by atoms with van der Waals surface area (Å²) >= 11 is 0. The Balaban J connectivity index is 1.57. The maximum absolute atomic E-state index is 12.6. The summed E-state index contributed by atoms with van der Waals surface area (Å²) in [4.78, 5) is 25.0. The zero-order chi connectivity index (χ0) is 21.7. The van der Waals surface area contributed by atoms with Crippen molar-refractivity contribution in [2.75, 3.05) is 7.11 Å². The lowest BCUT2D eigenvalue weighted by Gasteiger charge is -2.17. The quantitative estimate of drug-likeness (QED) is 0.557. The largest absolute Gasteiger partial charge is 0.497 e. The zero-order valence-electron chi connectivity index (χ0n) is 17.7. The van der Waals surface area contributed by atoms with Crippen LogP contribution in [-0.2, 0) is 16.0 Å². The molecule has 0 saturated carbocycles. The molecule has 0 aliphatic rings. The second-order valence-corrected chi connectivity index (χ2v) is 7.40. The Hall–Kier alpha value is -3.28. The molecule has 1 N–H and O–H groups in total. The lowest BCUT2D eigenvalue weighted by molar-refractivity contribution is -0.129. The Kier molecular flexibility index (Phi) is 6.77. The first-order chi connectivity index (χ1) is 14.4. The maximum Gasteiger partial charge on any atom is 0.375 e. The van der Waals surface area contributed by atoms with E-state index in [1.165, 1.54) is 5.56 Å². The van der Waals surface area contributed by atoms with E-state index in [1.807, 2.05) is 25.1 Å². The highest BCUT2D eigenvalue weighted by Gasteiger charge is 2.25. The third kappa shape index (κ3) is 5.00. The van der Waals surface area contributed by atoms with Crippen LogP contribution in [0.5, 0.6) is 5.75 Å². The van der Waals surface area contributed by atoms with Gasteiger partial charge in [0.2, 0.25) is 5.76 Å². The van der Waals surface area contributed by atoms with Gasteiger partial charge < -0.3 is 19.2 Å². The van der Waals surface area contributed by atoms with Gasteiger partial charge in [-0.25, -0.2) is 4.79 Å². The average molecular weight is 409 g/mol. The fourth-order valence-electron chi connectivity index (χ4n) is 3.25. The van der Waals surface area contributed by atoms with Gasteiger partial charge in [0.05, 0.1) is 7.11 Å². The molecule has 1 amide bonds. The molecular formula is C24H27NO5. The SMILES string of the molecule is COc1ccc2oc(C(=O)O[C@H](C)C(=O)N[C@H](C)CCc3ccccc3)c(C)c2c1. The van der Waals surface area contributed by atoms with Gasteiger partial charge in [-0.05, 0) is 57.4 Å². The molecule has 30 heavy (non-hydrogen) atoms. The second kappa shape index (κ2) is 9.48. The normalized spacial score (nSPS) is 12.9. The van der Waals surface area contributed by atoms with Crippen LogP contribution in [0.2, 0.25) is 0 Å². The van der Waals surface area contributed by atoms with Crippen molar-refractivity contribution < 1.29 is 23.5 Å². The Morgan fingerprint density at radius 1 is 1.10 bits per heavy atom. The number of methoxy groups -OCH3 is 1. The molecule has 1 heterocycles. The molecule has 0 saturated heterocycles. The van der Waals surface area contributed by atoms with Gasteiger partial charge in [-0.1, -0.05) is 30.3 Å². The summed E-state index contributed by atoms with van der Waals surface area (Å²) in [6.45, 7) is 5.27. The van der Waals surface area contributed by atoms with Crippen LogP contribution in [0.25, 0.3) is 11.0 Å². The predicted octanol–water partition coefficient (Wildman–Crippen LogP) is 4.43. The molecule has 2 atom stereocenters. The number of furan rings is 1. The number of rotatable bonds is 8. The van der Waals surface area contributed by atoms with Crippen LogP contribution in [-0.4, -0.2) is 31.1 Å². The Bertz CT molecular complexity index is 1020. The molecule has 2 aromatic carbocycles. The topological polar surface area (TPSA) is 77.8 Å². The Morgan fingerprint density at radius 3 is 2.53 bits per heavy atom. The van der Waals surface area contributed by atoms with Gasteiger partial charge in [-0.3, -0.25) is 4.79 Å². The molecule has 1 aromatic heterocycles. The van der Waals surface area contributed by atoms with E-state index in [0.29, 0.717) is 16.9 Å². The van der Waals surface area contributed by atoms with Crippen molar-refractivity contribution in [3.8, 4) is 5.75 Å². The number of carbonyl (C=O) groups excluding carboxylic acids is 2. The molecule has 0 radical (unpaired) electrons. The first-order valence-electron chi connectivity index (χ1n) is 10.0. The van der Waals surface area contributed by atoms with Crippen LogP contribution >= 0.6 is 0 Å². The monoisotopic (exact) mass is 409 g/mol. The number of esters is 1. The summed E-state index contributed by atoms with van der Waals surface area (Å²) in [6.07, 6.45) is 0.720. The average Bonchev–Trinajstić information content (AvgIpc) is 3.08. The first-order valence-corrected chi connectivity index (χ1v) is 10.0. The molecule has 158 valence electrons. The summed E-state index contributed by atoms with van der Waals surface area (Å²) in [6, 6.07) is 15.3. The van der Waals surface area contributed by atoms with Crippen molar-refractivity contribution in [1.29, 1.82) is 0 Å². The molecule has 6 nitrogen and oxygen atoms in total. The van der Waals surface area contributed by atoms with E-state index in [4.69, 9.17) is 13.9 Å². The first kappa shape index (κ1) is 21.4. The smallest absolute Gasteiger partial charge is 0.375 e. The summed E-state index contributed by atoms with van der Waals surface area (Å²) < 4.78 is 16.2. The van der Waals surface area contributed by atoms with Crippen LogP contribution < -0.4 is 10.1 Å². The molecule has 3 rings (SSSR count). The number of carbonyl (C=O) groups is 2. The third-order valence-electron chi connectivity index (χ3n) is 5.08. The van der Waals surface area contributed by atoms with E-state index in [1.54, 1.807) is 39.2 Å². The number of fused-ring (bicyclic) bond motifs is 1. The molecule has 0 spiro atoms. The number of amides is 1. The fraction of sp³-hybridized carbons (Fsp3) is 0.333. The van der Waals surface area contributed by atoms with E-state index in [9.17, 15) is 9.59 Å². The highest BCUT2D eigenvalue weighted by molar-refractivity contribution is 5.97. The van der Waals surface area contributed by atoms with Gasteiger partial charge in [0.1, 0.15) is 11.3 Å². The van der Waals surface area contributed by atoms with Crippen LogP contribution in [0.15, 0.2) is 52.9 Å². The van der Waals surface area contributed by atoms with Crippen LogP contribution in [0.4, 0.5) is 0 Å². The van der Waals surface area contributed by atoms with Crippen molar-refractivity contribution in [2.45, 2.75) is 45.8 Å². The van der Waals surface area contributed by atoms with Crippen molar-refractivity contribution in [1.82, 2.24) is 5.32 Å². The van der Waals surface area contributed by atoms with E-state index in [2.05, 4.69) is 17.4 Å². The van der Waals surface area contributed by atoms with E-state index in [0.717, 1.165) is 18.2 Å². The van der Waals surface area contributed by atoms with Gasteiger partial charge in [-0.2, -0.15) is 0 Å². The van der Waals surface area contributed by atoms with Gasteiger partial charge in [0.25, 0.3) is 5.91 Å². The number of aryl methyl sites for hydroxylation is 2. The second-order valence-electron chi connectivity index (χ2n) is 7.40. The molecule has 0 unspecified atom stereocenters. The minimum atomic E-state index is -0.932. The van der Waals surface area contributed by atoms with Crippen LogP contribution in [0.1, 0.15) is 41.9 Å². The number of benzene rings is 2. The summed E-state index contributed by atoms with van der Waals surface area (Å²) in [5.74, 6) is -0.236. The highest BCUT2D eigenvalue weighted by atomic mass is 16.6. The van der Waals surface area contributed by atoms with E-state index < -0.39 is 12.1 Å². The molecule has 0 bridgehead atoms. The molecule has 0 fully saturated rings. The molecule has 3 aromatic rings. The lowest BCUT2D eigenvalue weighted by atomic mass is 10.1. The lowest BCUT2D eigenvalue weighted by Crippen LogP contribution is -2.41. The Morgan fingerprint density at radius 2 is 1.83 bits per heavy atom. The summed E-state index contributed by atoms with van der Waals surface area (Å²) in [5.41, 5.74) is 2.43. The number of hydrogen-bond donors (Lipinski definition) is 1. The zero-order valence-corrected chi connectivity index (χ0v) is 17.7. The number of nitrogens with one attached hydrogen (secondary N) is 1. The van der Waals surface area contributed by atoms with Crippen molar-refractivity contribution >= 4 is 22.8 Å². The van der Waals surface area contributed by atoms with Gasteiger partial charge in [0, 0.05) is 17.0 Å². The number of ether oxygens (including phenoxy) is 2. The van der Waals surface area contributed by atoms with Crippen LogP contribution in [0.3, 0.4) is 0 Å². The minimum Gasteiger partial charge on any atom is -0.497 e. The highest BCUT2D eigenvalue weighted by Crippen LogP contribution is 2.29. The maximum atomic E-state index is 12.6. The summed E-state index contributed by atoms with van der Waals surface area (Å²) in [7, 11) is 1.58. The van der Waals surface area contributed by atoms with Crippen molar-refractivity contribution in [2.24, 2.45) is 0 Å². The standard InChI is InChI=1S/C24H27NO5/c1-15(10-11-18-8-6-5-7-9-18)25-23(26)17(3)29-24(27)22-16(2)20-14-19(28-4)12-13-21(20)30-22/h5-9,12-15,17H,10-11H2,1-4H3,(H,25,26)/t15-,17-/m1/s1.